The van der Waals surface area contributed by atoms with Crippen molar-refractivity contribution in [3.8, 4) is 16.9 Å². The van der Waals surface area contributed by atoms with Gasteiger partial charge in [-0.1, -0.05) is 18.2 Å². The quantitative estimate of drug-likeness (QED) is 0.365. The van der Waals surface area contributed by atoms with Crippen LogP contribution in [0.4, 0.5) is 5.69 Å². The van der Waals surface area contributed by atoms with Crippen molar-refractivity contribution < 1.29 is 14.6 Å². The smallest absolute Gasteiger partial charge is 0.258 e. The Bertz CT molecular complexity index is 1530. The molecule has 36 heavy (non-hydrogen) atoms. The highest BCUT2D eigenvalue weighted by atomic mass is 16.5. The summed E-state index contributed by atoms with van der Waals surface area (Å²) in [5.74, 6) is 0.0246. The van der Waals surface area contributed by atoms with E-state index in [-0.39, 0.29) is 11.7 Å². The second-order valence-electron chi connectivity index (χ2n) is 9.15. The number of pyridine rings is 1. The van der Waals surface area contributed by atoms with E-state index in [9.17, 15) is 9.90 Å². The van der Waals surface area contributed by atoms with Gasteiger partial charge in [0, 0.05) is 66.9 Å². The molecule has 0 aliphatic carbocycles. The largest absolute Gasteiger partial charge is 0.508 e. The lowest BCUT2D eigenvalue weighted by Gasteiger charge is -2.26. The van der Waals surface area contributed by atoms with Gasteiger partial charge in [0.2, 0.25) is 0 Å². The lowest BCUT2D eigenvalue weighted by molar-refractivity contribution is 0.0365. The van der Waals surface area contributed by atoms with Crippen LogP contribution in [0.15, 0.2) is 85.3 Å². The first kappa shape index (κ1) is 22.4. The van der Waals surface area contributed by atoms with Crippen molar-refractivity contribution in [1.82, 2.24) is 13.9 Å². The monoisotopic (exact) mass is 480 g/mol. The molecule has 1 aliphatic rings. The molecular formula is C29H28N4O3. The Hall–Kier alpha value is -4.07. The van der Waals surface area contributed by atoms with E-state index in [1.165, 1.54) is 0 Å². The Morgan fingerprint density at radius 1 is 0.917 bits per heavy atom. The number of aromatic hydroxyl groups is 1. The molecule has 0 spiro atoms. The van der Waals surface area contributed by atoms with Gasteiger partial charge in [-0.25, -0.2) is 0 Å². The average Bonchev–Trinajstić information content (AvgIpc) is 3.50. The molecule has 1 aliphatic heterocycles. The number of phenols is 1. The van der Waals surface area contributed by atoms with E-state index < -0.39 is 0 Å². The van der Waals surface area contributed by atoms with E-state index >= 15 is 0 Å². The van der Waals surface area contributed by atoms with Gasteiger partial charge in [0.15, 0.2) is 0 Å². The first-order valence-electron chi connectivity index (χ1n) is 12.3. The second kappa shape index (κ2) is 9.53. The maximum absolute atomic E-state index is 13.6. The molecule has 1 saturated heterocycles. The minimum absolute atomic E-state index is 0.169. The van der Waals surface area contributed by atoms with Gasteiger partial charge in [-0.3, -0.25) is 9.69 Å². The fraction of sp³-hybridized carbons (Fsp3) is 0.207. The number of nitrogens with one attached hydrogen (secondary N) is 1. The van der Waals surface area contributed by atoms with E-state index in [0.717, 1.165) is 72.6 Å². The lowest BCUT2D eigenvalue weighted by Crippen LogP contribution is -2.38. The summed E-state index contributed by atoms with van der Waals surface area (Å²) in [5, 5.41) is 13.9. The summed E-state index contributed by atoms with van der Waals surface area (Å²) in [7, 11) is 0. The molecule has 4 heterocycles. The minimum atomic E-state index is -0.169. The third-order valence-corrected chi connectivity index (χ3v) is 6.88. The Balaban J connectivity index is 1.26. The summed E-state index contributed by atoms with van der Waals surface area (Å²) in [6, 6.07) is 20.9. The van der Waals surface area contributed by atoms with Crippen molar-refractivity contribution in [2.75, 3.05) is 38.2 Å². The van der Waals surface area contributed by atoms with E-state index in [4.69, 9.17) is 4.74 Å². The van der Waals surface area contributed by atoms with Crippen LogP contribution >= 0.6 is 0 Å². The minimum Gasteiger partial charge on any atom is -0.508 e. The van der Waals surface area contributed by atoms with E-state index in [2.05, 4.69) is 33.1 Å². The van der Waals surface area contributed by atoms with Gasteiger partial charge >= 0.3 is 0 Å². The molecule has 7 nitrogen and oxygen atoms in total. The zero-order chi connectivity index (χ0) is 24.5. The fourth-order valence-electron chi connectivity index (χ4n) is 4.96. The summed E-state index contributed by atoms with van der Waals surface area (Å²) in [4.78, 5) is 16.0. The molecule has 0 bridgehead atoms. The number of nitrogens with zero attached hydrogens (tertiary/aromatic N) is 3. The third-order valence-electron chi connectivity index (χ3n) is 6.88. The predicted molar refractivity (Wildman–Crippen MR) is 142 cm³/mol. The van der Waals surface area contributed by atoms with Crippen molar-refractivity contribution in [3.05, 3.63) is 90.9 Å². The average molecular weight is 481 g/mol. The van der Waals surface area contributed by atoms with Crippen LogP contribution in [0, 0.1) is 0 Å². The number of carbonyl (C=O) groups is 1. The molecule has 3 aromatic heterocycles. The molecule has 7 heteroatoms. The zero-order valence-corrected chi connectivity index (χ0v) is 19.9. The van der Waals surface area contributed by atoms with Gasteiger partial charge in [-0.15, -0.1) is 0 Å². The number of aromatic nitrogens is 2. The van der Waals surface area contributed by atoms with E-state index in [0.29, 0.717) is 5.56 Å². The highest BCUT2D eigenvalue weighted by molar-refractivity contribution is 6.14. The van der Waals surface area contributed by atoms with Crippen LogP contribution < -0.4 is 5.32 Å². The van der Waals surface area contributed by atoms with Crippen LogP contribution in [0.3, 0.4) is 0 Å². The van der Waals surface area contributed by atoms with Crippen LogP contribution in [0.1, 0.15) is 10.4 Å². The van der Waals surface area contributed by atoms with Gasteiger partial charge in [-0.2, -0.15) is 0 Å². The molecule has 0 unspecified atom stereocenters. The van der Waals surface area contributed by atoms with Crippen molar-refractivity contribution in [2.45, 2.75) is 6.54 Å². The van der Waals surface area contributed by atoms with Crippen LogP contribution in [-0.2, 0) is 11.3 Å². The normalized spacial score (nSPS) is 14.4. The number of benzene rings is 2. The zero-order valence-electron chi connectivity index (χ0n) is 19.9. The Morgan fingerprint density at radius 3 is 2.58 bits per heavy atom. The van der Waals surface area contributed by atoms with Crippen molar-refractivity contribution in [3.63, 3.8) is 0 Å². The lowest BCUT2D eigenvalue weighted by atomic mass is 10.0. The summed E-state index contributed by atoms with van der Waals surface area (Å²) in [6.07, 6.45) is 6.00. The number of carbonyl (C=O) groups excluding carboxylic acids is 1. The molecule has 6 rings (SSSR count). The van der Waals surface area contributed by atoms with Crippen LogP contribution in [-0.4, -0.2) is 57.7 Å². The molecular weight excluding hydrogens is 452 g/mol. The number of anilines is 1. The van der Waals surface area contributed by atoms with Gasteiger partial charge in [-0.05, 0) is 54.1 Å². The summed E-state index contributed by atoms with van der Waals surface area (Å²) in [5.41, 5.74) is 5.02. The van der Waals surface area contributed by atoms with Crippen molar-refractivity contribution in [1.29, 1.82) is 0 Å². The standard InChI is InChI=1S/C29H28N4O3/c34-24-7-4-21(5-8-24)25-20-33-11-2-1-3-27(33)28(25)29(35)30-23-6-9-26-22(19-23)10-12-32(26)14-13-31-15-17-36-18-16-31/h1-12,19-20,34H,13-18H2,(H,30,35). The molecule has 2 aromatic carbocycles. The summed E-state index contributed by atoms with van der Waals surface area (Å²) >= 11 is 0. The molecule has 5 aromatic rings. The molecule has 0 saturated carbocycles. The SMILES string of the molecule is O=C(Nc1ccc2c(ccn2CCN2CCOCC2)c1)c1c(-c2ccc(O)cc2)cn2ccccc12. The molecule has 0 radical (unpaired) electrons. The van der Waals surface area contributed by atoms with E-state index in [1.807, 2.05) is 59.3 Å². The first-order valence-corrected chi connectivity index (χ1v) is 12.3. The van der Waals surface area contributed by atoms with Gasteiger partial charge in [0.05, 0.1) is 24.3 Å². The fourth-order valence-corrected chi connectivity index (χ4v) is 4.96. The van der Waals surface area contributed by atoms with Crippen LogP contribution in [0.25, 0.3) is 27.5 Å². The number of amides is 1. The first-order chi connectivity index (χ1) is 17.7. The van der Waals surface area contributed by atoms with Crippen molar-refractivity contribution in [2.24, 2.45) is 0 Å². The van der Waals surface area contributed by atoms with E-state index in [1.54, 1.807) is 12.1 Å². The number of morpholine rings is 1. The topological polar surface area (TPSA) is 71.1 Å². The van der Waals surface area contributed by atoms with Gasteiger partial charge < -0.3 is 24.1 Å². The number of phenolic OH excluding ortho intramolecular Hbond substituents is 1. The third kappa shape index (κ3) is 4.34. The summed E-state index contributed by atoms with van der Waals surface area (Å²) in [6.45, 7) is 5.49. The molecule has 1 amide bonds. The molecule has 1 fully saturated rings. The summed E-state index contributed by atoms with van der Waals surface area (Å²) < 4.78 is 9.66. The Kier molecular flexibility index (Phi) is 5.93. The predicted octanol–water partition coefficient (Wildman–Crippen LogP) is 4.85. The van der Waals surface area contributed by atoms with Crippen LogP contribution in [0.2, 0.25) is 0 Å². The highest BCUT2D eigenvalue weighted by Crippen LogP contribution is 2.31. The maximum Gasteiger partial charge on any atom is 0.258 e. The molecule has 182 valence electrons. The maximum atomic E-state index is 13.6. The van der Waals surface area contributed by atoms with Gasteiger partial charge in [0.25, 0.3) is 5.91 Å². The molecule has 0 atom stereocenters. The Labute approximate surface area is 209 Å². The van der Waals surface area contributed by atoms with Crippen molar-refractivity contribution >= 4 is 28.0 Å². The number of rotatable bonds is 6. The Morgan fingerprint density at radius 2 is 1.75 bits per heavy atom. The highest BCUT2D eigenvalue weighted by Gasteiger charge is 2.20. The number of ether oxygens (including phenoxy) is 1. The number of hydrogen-bond acceptors (Lipinski definition) is 4. The second-order valence-corrected chi connectivity index (χ2v) is 9.15. The number of hydrogen-bond donors (Lipinski definition) is 2. The van der Waals surface area contributed by atoms with Crippen LogP contribution in [0.5, 0.6) is 5.75 Å². The molecule has 2 N–H and O–H groups in total. The van der Waals surface area contributed by atoms with Gasteiger partial charge in [0.1, 0.15) is 5.75 Å². The number of fused-ring (bicyclic) bond motifs is 2.